The minimum Gasteiger partial charge on any atom is -0.323 e. The van der Waals surface area contributed by atoms with Crippen molar-refractivity contribution >= 4 is 0 Å². The molecule has 0 bridgehead atoms. The normalized spacial score (nSPS) is 26.1. The summed E-state index contributed by atoms with van der Waals surface area (Å²) >= 11 is 0. The summed E-state index contributed by atoms with van der Waals surface area (Å²) in [4.78, 5) is 6.74. The van der Waals surface area contributed by atoms with E-state index in [1.165, 1.54) is 6.20 Å². The molecule has 0 unspecified atom stereocenters. The Labute approximate surface area is 114 Å². The highest BCUT2D eigenvalue weighted by Gasteiger charge is 2.46. The van der Waals surface area contributed by atoms with Gasteiger partial charge in [-0.05, 0) is 63.2 Å². The maximum Gasteiger partial charge on any atom is 0.141 e. The molecule has 2 aliphatic rings. The van der Waals surface area contributed by atoms with Crippen LogP contribution in [-0.2, 0) is 6.42 Å². The fourth-order valence-electron chi connectivity index (χ4n) is 3.65. The molecule has 1 atom stereocenters. The maximum atomic E-state index is 13.3. The molecule has 1 saturated heterocycles. The highest BCUT2D eigenvalue weighted by Crippen LogP contribution is 2.50. The fourth-order valence-corrected chi connectivity index (χ4v) is 3.65. The van der Waals surface area contributed by atoms with Gasteiger partial charge in [-0.1, -0.05) is 0 Å². The maximum absolute atomic E-state index is 13.3. The van der Waals surface area contributed by atoms with Crippen molar-refractivity contribution in [2.75, 3.05) is 13.1 Å². The molecule has 3 rings (SSSR count). The topological polar surface area (TPSA) is 42.2 Å². The van der Waals surface area contributed by atoms with Crippen molar-refractivity contribution in [1.82, 2.24) is 9.88 Å². The summed E-state index contributed by atoms with van der Waals surface area (Å²) in [5.41, 5.74) is 8.46. The molecule has 2 N–H and O–H groups in total. The Morgan fingerprint density at radius 3 is 2.74 bits per heavy atom. The number of fused-ring (bicyclic) bond motifs is 1. The van der Waals surface area contributed by atoms with Gasteiger partial charge in [-0.3, -0.25) is 4.98 Å². The zero-order valence-corrected chi connectivity index (χ0v) is 11.7. The van der Waals surface area contributed by atoms with Crippen molar-refractivity contribution in [3.8, 4) is 0 Å². The first kappa shape index (κ1) is 13.0. The monoisotopic (exact) mass is 263 g/mol. The summed E-state index contributed by atoms with van der Waals surface area (Å²) in [6, 6.07) is 2.12. The molecule has 0 radical (unpaired) electrons. The third-order valence-electron chi connectivity index (χ3n) is 5.01. The van der Waals surface area contributed by atoms with Gasteiger partial charge < -0.3 is 10.6 Å². The summed E-state index contributed by atoms with van der Waals surface area (Å²) in [5.74, 6) is -0.272. The lowest BCUT2D eigenvalue weighted by atomic mass is 9.73. The molecular weight excluding hydrogens is 241 g/mol. The fraction of sp³-hybridized carbons (Fsp3) is 0.667. The van der Waals surface area contributed by atoms with E-state index in [1.54, 1.807) is 6.07 Å². The number of pyridine rings is 1. The summed E-state index contributed by atoms with van der Waals surface area (Å²) in [6.45, 7) is 6.64. The highest BCUT2D eigenvalue weighted by molar-refractivity contribution is 5.33. The smallest absolute Gasteiger partial charge is 0.141 e. The Hall–Kier alpha value is -1.00. The summed E-state index contributed by atoms with van der Waals surface area (Å²) in [5, 5.41) is 0. The predicted molar refractivity (Wildman–Crippen MR) is 73.2 cm³/mol. The van der Waals surface area contributed by atoms with E-state index in [0.29, 0.717) is 6.04 Å². The third-order valence-corrected chi connectivity index (χ3v) is 5.01. The standard InChI is InChI=1S/C15H22FN3/c1-10(2)19-5-3-15(4-6-19)8-13-12(14(15)17)7-11(16)9-18-13/h7,9-10,14H,3-6,8,17H2,1-2H3/t14-/m0/s1. The molecule has 19 heavy (non-hydrogen) atoms. The molecule has 1 aliphatic carbocycles. The zero-order chi connectivity index (χ0) is 13.6. The molecule has 1 fully saturated rings. The second-order valence-corrected chi connectivity index (χ2v) is 6.34. The largest absolute Gasteiger partial charge is 0.323 e. The van der Waals surface area contributed by atoms with Crippen LogP contribution in [-0.4, -0.2) is 29.0 Å². The number of hydrogen-bond donors (Lipinski definition) is 1. The molecule has 4 heteroatoms. The lowest BCUT2D eigenvalue weighted by Crippen LogP contribution is -2.46. The van der Waals surface area contributed by atoms with E-state index in [0.717, 1.165) is 43.6 Å². The second-order valence-electron chi connectivity index (χ2n) is 6.34. The van der Waals surface area contributed by atoms with Gasteiger partial charge in [-0.2, -0.15) is 0 Å². The van der Waals surface area contributed by atoms with Crippen LogP contribution >= 0.6 is 0 Å². The van der Waals surface area contributed by atoms with Crippen LogP contribution in [0.2, 0.25) is 0 Å². The third kappa shape index (κ3) is 2.07. The van der Waals surface area contributed by atoms with Gasteiger partial charge >= 0.3 is 0 Å². The van der Waals surface area contributed by atoms with E-state index in [1.807, 2.05) is 0 Å². The number of piperidine rings is 1. The summed E-state index contributed by atoms with van der Waals surface area (Å²) in [6.07, 6.45) is 4.40. The van der Waals surface area contributed by atoms with Gasteiger partial charge in [0.1, 0.15) is 5.82 Å². The Bertz CT molecular complexity index is 478. The van der Waals surface area contributed by atoms with Crippen molar-refractivity contribution in [2.45, 2.75) is 45.2 Å². The molecule has 0 amide bonds. The van der Waals surface area contributed by atoms with Crippen molar-refractivity contribution in [3.05, 3.63) is 29.3 Å². The van der Waals surface area contributed by atoms with Crippen LogP contribution in [0.15, 0.2) is 12.3 Å². The van der Waals surface area contributed by atoms with E-state index < -0.39 is 0 Å². The van der Waals surface area contributed by atoms with Crippen molar-refractivity contribution < 1.29 is 4.39 Å². The minimum absolute atomic E-state index is 0.0555. The van der Waals surface area contributed by atoms with Crippen LogP contribution in [0.5, 0.6) is 0 Å². The lowest BCUT2D eigenvalue weighted by molar-refractivity contribution is 0.0707. The number of nitrogens with two attached hydrogens (primary N) is 1. The summed E-state index contributed by atoms with van der Waals surface area (Å²) < 4.78 is 13.3. The average Bonchev–Trinajstić information content (AvgIpc) is 2.64. The van der Waals surface area contributed by atoms with Gasteiger partial charge in [-0.25, -0.2) is 4.39 Å². The molecular formula is C15H22FN3. The lowest BCUT2D eigenvalue weighted by Gasteiger charge is -2.43. The van der Waals surface area contributed by atoms with Crippen molar-refractivity contribution in [2.24, 2.45) is 11.1 Å². The molecule has 1 aromatic rings. The molecule has 0 aromatic carbocycles. The molecule has 1 spiro atoms. The van der Waals surface area contributed by atoms with Gasteiger partial charge in [0.2, 0.25) is 0 Å². The number of rotatable bonds is 1. The zero-order valence-electron chi connectivity index (χ0n) is 11.7. The van der Waals surface area contributed by atoms with Crippen LogP contribution < -0.4 is 5.73 Å². The quantitative estimate of drug-likeness (QED) is 0.845. The molecule has 104 valence electrons. The number of halogens is 1. The predicted octanol–water partition coefficient (Wildman–Crippen LogP) is 2.27. The van der Waals surface area contributed by atoms with Crippen LogP contribution in [0.4, 0.5) is 4.39 Å². The Kier molecular flexibility index (Phi) is 3.10. The molecule has 2 heterocycles. The summed E-state index contributed by atoms with van der Waals surface area (Å²) in [7, 11) is 0. The van der Waals surface area contributed by atoms with Crippen LogP contribution in [0.1, 0.15) is 44.0 Å². The molecule has 3 nitrogen and oxygen atoms in total. The van der Waals surface area contributed by atoms with E-state index in [4.69, 9.17) is 5.73 Å². The number of likely N-dealkylation sites (tertiary alicyclic amines) is 1. The minimum atomic E-state index is -0.272. The average molecular weight is 263 g/mol. The Balaban J connectivity index is 1.82. The number of hydrogen-bond acceptors (Lipinski definition) is 3. The Morgan fingerprint density at radius 2 is 2.11 bits per heavy atom. The number of aromatic nitrogens is 1. The van der Waals surface area contributed by atoms with Gasteiger partial charge in [0.05, 0.1) is 6.20 Å². The second kappa shape index (κ2) is 4.53. The van der Waals surface area contributed by atoms with Crippen molar-refractivity contribution in [1.29, 1.82) is 0 Å². The van der Waals surface area contributed by atoms with E-state index in [2.05, 4.69) is 23.7 Å². The van der Waals surface area contributed by atoms with Gasteiger partial charge in [-0.15, -0.1) is 0 Å². The van der Waals surface area contributed by atoms with E-state index in [-0.39, 0.29) is 17.3 Å². The Morgan fingerprint density at radius 1 is 1.42 bits per heavy atom. The van der Waals surface area contributed by atoms with Gasteiger partial charge in [0, 0.05) is 17.8 Å². The van der Waals surface area contributed by atoms with E-state index >= 15 is 0 Å². The first-order chi connectivity index (χ1) is 9.02. The van der Waals surface area contributed by atoms with Gasteiger partial charge in [0.15, 0.2) is 0 Å². The van der Waals surface area contributed by atoms with Gasteiger partial charge in [0.25, 0.3) is 0 Å². The molecule has 1 aromatic heterocycles. The van der Waals surface area contributed by atoms with Crippen LogP contribution in [0.3, 0.4) is 0 Å². The highest BCUT2D eigenvalue weighted by atomic mass is 19.1. The first-order valence-corrected chi connectivity index (χ1v) is 7.16. The van der Waals surface area contributed by atoms with Crippen molar-refractivity contribution in [3.63, 3.8) is 0 Å². The van der Waals surface area contributed by atoms with E-state index in [9.17, 15) is 4.39 Å². The number of nitrogens with zero attached hydrogens (tertiary/aromatic N) is 2. The first-order valence-electron chi connectivity index (χ1n) is 7.16. The SMILES string of the molecule is CC(C)N1CCC2(CC1)Cc1ncc(F)cc1[C@@H]2N. The molecule has 0 saturated carbocycles. The van der Waals surface area contributed by atoms with Crippen LogP contribution in [0.25, 0.3) is 0 Å². The molecule has 1 aliphatic heterocycles. The van der Waals surface area contributed by atoms with Crippen LogP contribution in [0, 0.1) is 11.2 Å².